The van der Waals surface area contributed by atoms with Crippen LogP contribution in [0.15, 0.2) is 30.3 Å². The Hall–Kier alpha value is -0.960. The van der Waals surface area contributed by atoms with Crippen molar-refractivity contribution in [2.45, 2.75) is 13.8 Å². The van der Waals surface area contributed by atoms with Crippen molar-refractivity contribution < 1.29 is 9.59 Å². The largest absolute Gasteiger partial charge is 0.295 e. The number of rotatable bonds is 1. The van der Waals surface area contributed by atoms with Gasteiger partial charge >= 0.3 is 0 Å². The summed E-state index contributed by atoms with van der Waals surface area (Å²) in [6.07, 6.45) is 0. The molecule has 0 saturated carbocycles. The zero-order valence-corrected chi connectivity index (χ0v) is 9.17. The summed E-state index contributed by atoms with van der Waals surface area (Å²) in [4.78, 5) is 20.0. The van der Waals surface area contributed by atoms with Crippen LogP contribution in [0, 0.1) is 0 Å². The predicted octanol–water partition coefficient (Wildman–Crippen LogP) is 2.82. The second kappa shape index (κ2) is 6.54. The fraction of sp³-hybridized carbons (Fsp3) is 0.200. The van der Waals surface area contributed by atoms with E-state index in [4.69, 9.17) is 0 Å². The van der Waals surface area contributed by atoms with Crippen molar-refractivity contribution in [3.8, 4) is 0 Å². The predicted molar refractivity (Wildman–Crippen MR) is 56.1 cm³/mol. The number of Topliss-reactive ketones (excluding diaryl/α,β-unsaturated/α-hetero) is 1. The molecule has 0 radical (unpaired) electrons. The Bertz CT molecular complexity index is 276. The van der Waals surface area contributed by atoms with E-state index in [-0.39, 0.29) is 10.5 Å². The molecule has 0 atom stereocenters. The molecule has 70 valence electrons. The van der Waals surface area contributed by atoms with Gasteiger partial charge in [0.2, 0.25) is 0 Å². The fourth-order valence-corrected chi connectivity index (χ4v) is 0.673. The molecule has 0 aliphatic heterocycles. The highest BCUT2D eigenvalue weighted by Crippen LogP contribution is 1.97. The van der Waals surface area contributed by atoms with Crippen molar-refractivity contribution in [1.29, 1.82) is 0 Å². The van der Waals surface area contributed by atoms with Gasteiger partial charge in [0, 0.05) is 12.5 Å². The number of carbonyl (C=O) groups is 2. The number of ketones is 1. The summed E-state index contributed by atoms with van der Waals surface area (Å²) in [6, 6.07) is 9.23. The summed E-state index contributed by atoms with van der Waals surface area (Å²) in [5.41, 5.74) is 0.775. The molecule has 0 bridgehead atoms. The van der Waals surface area contributed by atoms with Crippen molar-refractivity contribution in [2.75, 3.05) is 0 Å². The quantitative estimate of drug-likeness (QED) is 0.561. The molecule has 0 aromatic heterocycles. The van der Waals surface area contributed by atoms with E-state index in [2.05, 4.69) is 15.9 Å². The van der Waals surface area contributed by atoms with Crippen LogP contribution in [0.1, 0.15) is 24.2 Å². The Labute approximate surface area is 86.1 Å². The number of hydrogen-bond donors (Lipinski definition) is 0. The van der Waals surface area contributed by atoms with Gasteiger partial charge in [0.15, 0.2) is 10.5 Å². The molecular weight excluding hydrogens is 232 g/mol. The molecule has 0 spiro atoms. The monoisotopic (exact) mass is 242 g/mol. The molecule has 13 heavy (non-hydrogen) atoms. The first kappa shape index (κ1) is 12.0. The van der Waals surface area contributed by atoms with Gasteiger partial charge in [0.1, 0.15) is 0 Å². The summed E-state index contributed by atoms with van der Waals surface area (Å²) < 4.78 is -0.0208. The van der Waals surface area contributed by atoms with E-state index in [0.29, 0.717) is 0 Å². The van der Waals surface area contributed by atoms with Crippen LogP contribution in [-0.4, -0.2) is 10.5 Å². The first-order valence-corrected chi connectivity index (χ1v) is 4.55. The standard InChI is InChI=1S/C8H8O.C2H3BrO/c1-7(9)8-5-3-2-4-6-8;1-2(3)4/h2-6H,1H3;1H3. The first-order valence-electron chi connectivity index (χ1n) is 3.76. The van der Waals surface area contributed by atoms with Crippen LogP contribution in [-0.2, 0) is 4.79 Å². The normalized spacial score (nSPS) is 8.23. The van der Waals surface area contributed by atoms with E-state index < -0.39 is 0 Å². The first-order chi connectivity index (χ1) is 6.04. The molecule has 1 aromatic rings. The molecule has 3 heteroatoms. The van der Waals surface area contributed by atoms with Crippen molar-refractivity contribution in [3.05, 3.63) is 35.9 Å². The summed E-state index contributed by atoms with van der Waals surface area (Å²) in [7, 11) is 0. The van der Waals surface area contributed by atoms with Crippen molar-refractivity contribution in [3.63, 3.8) is 0 Å². The van der Waals surface area contributed by atoms with Gasteiger partial charge in [-0.05, 0) is 22.9 Å². The molecule has 1 rings (SSSR count). The van der Waals surface area contributed by atoms with Crippen LogP contribution < -0.4 is 0 Å². The van der Waals surface area contributed by atoms with E-state index >= 15 is 0 Å². The summed E-state index contributed by atoms with van der Waals surface area (Å²) in [5.74, 6) is 0.121. The minimum atomic E-state index is -0.0208. The Morgan fingerprint density at radius 1 is 1.08 bits per heavy atom. The molecule has 1 aromatic carbocycles. The molecule has 0 aliphatic rings. The Morgan fingerprint density at radius 3 is 1.69 bits per heavy atom. The zero-order chi connectivity index (χ0) is 10.3. The average molecular weight is 243 g/mol. The maximum atomic E-state index is 10.6. The minimum absolute atomic E-state index is 0.0208. The lowest BCUT2D eigenvalue weighted by molar-refractivity contribution is -0.108. The molecule has 0 amide bonds. The molecule has 0 N–H and O–H groups in total. The molecule has 2 nitrogen and oxygen atoms in total. The third-order valence-corrected chi connectivity index (χ3v) is 1.18. The second-order valence-corrected chi connectivity index (χ2v) is 3.51. The second-order valence-electron chi connectivity index (χ2n) is 2.39. The van der Waals surface area contributed by atoms with Gasteiger partial charge in [-0.25, -0.2) is 0 Å². The smallest absolute Gasteiger partial charge is 0.194 e. The summed E-state index contributed by atoms with van der Waals surface area (Å²) in [5, 5.41) is 0. The molecule has 0 saturated heterocycles. The van der Waals surface area contributed by atoms with E-state index in [1.807, 2.05) is 30.3 Å². The van der Waals surface area contributed by atoms with Crippen molar-refractivity contribution >= 4 is 26.4 Å². The van der Waals surface area contributed by atoms with E-state index in [1.165, 1.54) is 6.92 Å². The van der Waals surface area contributed by atoms with Crippen LogP contribution in [0.2, 0.25) is 0 Å². The lowest BCUT2D eigenvalue weighted by Crippen LogP contribution is -1.88. The van der Waals surface area contributed by atoms with Gasteiger partial charge in [-0.2, -0.15) is 0 Å². The fourth-order valence-electron chi connectivity index (χ4n) is 0.673. The van der Waals surface area contributed by atoms with Gasteiger partial charge < -0.3 is 0 Å². The highest BCUT2D eigenvalue weighted by Gasteiger charge is 1.92. The van der Waals surface area contributed by atoms with Crippen LogP contribution in [0.4, 0.5) is 0 Å². The maximum Gasteiger partial charge on any atom is 0.194 e. The maximum absolute atomic E-state index is 10.6. The molecular formula is C10H11BrO2. The molecule has 0 aliphatic carbocycles. The van der Waals surface area contributed by atoms with Gasteiger partial charge in [-0.1, -0.05) is 30.3 Å². The summed E-state index contributed by atoms with van der Waals surface area (Å²) in [6.45, 7) is 3.01. The van der Waals surface area contributed by atoms with Gasteiger partial charge in [0.25, 0.3) is 0 Å². The van der Waals surface area contributed by atoms with Gasteiger partial charge in [-0.3, -0.25) is 9.59 Å². The number of benzene rings is 1. The third kappa shape index (κ3) is 7.40. The Kier molecular flexibility index (Phi) is 6.06. The lowest BCUT2D eigenvalue weighted by Gasteiger charge is -1.89. The Balaban J connectivity index is 0.000000310. The highest BCUT2D eigenvalue weighted by molar-refractivity contribution is 9.18. The topological polar surface area (TPSA) is 34.1 Å². The summed E-state index contributed by atoms with van der Waals surface area (Å²) >= 11 is 2.63. The number of carbonyl (C=O) groups excluding carboxylic acids is 2. The van der Waals surface area contributed by atoms with E-state index in [1.54, 1.807) is 6.92 Å². The number of hydrogen-bond acceptors (Lipinski definition) is 2. The van der Waals surface area contributed by atoms with Crippen molar-refractivity contribution in [1.82, 2.24) is 0 Å². The molecule has 0 unspecified atom stereocenters. The molecule has 0 fully saturated rings. The minimum Gasteiger partial charge on any atom is -0.295 e. The highest BCUT2D eigenvalue weighted by atomic mass is 79.9. The SMILES string of the molecule is CC(=O)Br.CC(=O)c1ccccc1. The lowest BCUT2D eigenvalue weighted by atomic mass is 10.2. The van der Waals surface area contributed by atoms with Gasteiger partial charge in [-0.15, -0.1) is 0 Å². The van der Waals surface area contributed by atoms with Crippen molar-refractivity contribution in [2.24, 2.45) is 0 Å². The third-order valence-electron chi connectivity index (χ3n) is 1.18. The van der Waals surface area contributed by atoms with Crippen LogP contribution in [0.3, 0.4) is 0 Å². The van der Waals surface area contributed by atoms with E-state index in [9.17, 15) is 9.59 Å². The van der Waals surface area contributed by atoms with Crippen LogP contribution in [0.25, 0.3) is 0 Å². The Morgan fingerprint density at radius 2 is 1.46 bits per heavy atom. The van der Waals surface area contributed by atoms with Crippen LogP contribution in [0.5, 0.6) is 0 Å². The number of halogens is 1. The van der Waals surface area contributed by atoms with Crippen LogP contribution >= 0.6 is 15.9 Å². The zero-order valence-electron chi connectivity index (χ0n) is 7.58. The van der Waals surface area contributed by atoms with Gasteiger partial charge in [0.05, 0.1) is 0 Å². The van der Waals surface area contributed by atoms with E-state index in [0.717, 1.165) is 5.56 Å². The average Bonchev–Trinajstić information content (AvgIpc) is 2.05. The molecule has 0 heterocycles.